The lowest BCUT2D eigenvalue weighted by atomic mass is 10.1. The number of nitrogens with one attached hydrogen (secondary N) is 1. The van der Waals surface area contributed by atoms with Crippen molar-refractivity contribution in [3.8, 4) is 11.5 Å². The molecule has 2 aromatic rings. The topological polar surface area (TPSA) is 152 Å². The van der Waals surface area contributed by atoms with Crippen LogP contribution in [0.5, 0.6) is 11.5 Å². The van der Waals surface area contributed by atoms with E-state index in [4.69, 9.17) is 19.9 Å². The Kier molecular flexibility index (Phi) is 8.41. The van der Waals surface area contributed by atoms with Gasteiger partial charge in [-0.05, 0) is 18.2 Å². The number of carbonyl (C=O) groups excluding carboxylic acids is 4. The summed E-state index contributed by atoms with van der Waals surface area (Å²) in [6.45, 7) is -0.915. The van der Waals surface area contributed by atoms with Gasteiger partial charge in [-0.2, -0.15) is 0 Å². The number of esters is 3. The van der Waals surface area contributed by atoms with Crippen LogP contribution >= 0.6 is 11.3 Å². The van der Waals surface area contributed by atoms with E-state index in [9.17, 15) is 19.2 Å². The van der Waals surface area contributed by atoms with Crippen LogP contribution in [0.25, 0.3) is 0 Å². The van der Waals surface area contributed by atoms with Gasteiger partial charge in [-0.3, -0.25) is 9.59 Å². The molecule has 0 unspecified atom stereocenters. The van der Waals surface area contributed by atoms with E-state index in [0.29, 0.717) is 11.5 Å². The van der Waals surface area contributed by atoms with E-state index in [1.165, 1.54) is 26.4 Å². The van der Waals surface area contributed by atoms with Gasteiger partial charge in [-0.25, -0.2) is 9.59 Å². The first-order valence-electron chi connectivity index (χ1n) is 9.00. The number of nitrogen functional groups attached to an aromatic ring is 1. The number of methoxy groups -OCH3 is 4. The van der Waals surface area contributed by atoms with Gasteiger partial charge in [-0.1, -0.05) is 0 Å². The maximum atomic E-state index is 12.3. The number of hydrogen-bond donors (Lipinski definition) is 2. The van der Waals surface area contributed by atoms with Crippen LogP contribution in [0.4, 0.5) is 5.00 Å². The molecule has 0 aliphatic rings. The van der Waals surface area contributed by atoms with Crippen molar-refractivity contribution in [1.29, 1.82) is 0 Å². The van der Waals surface area contributed by atoms with Crippen molar-refractivity contribution in [2.45, 2.75) is 6.61 Å². The van der Waals surface area contributed by atoms with Gasteiger partial charge in [0.15, 0.2) is 11.5 Å². The summed E-state index contributed by atoms with van der Waals surface area (Å²) < 4.78 is 24.7. The molecule has 1 heterocycles. The predicted octanol–water partition coefficient (Wildman–Crippen LogP) is 1.39. The molecule has 0 aliphatic heterocycles. The second-order valence-electron chi connectivity index (χ2n) is 6.05. The van der Waals surface area contributed by atoms with Crippen molar-refractivity contribution < 1.29 is 42.9 Å². The van der Waals surface area contributed by atoms with Crippen LogP contribution in [0, 0.1) is 0 Å². The van der Waals surface area contributed by atoms with E-state index in [0.717, 1.165) is 25.6 Å². The van der Waals surface area contributed by atoms with Gasteiger partial charge < -0.3 is 34.7 Å². The number of ether oxygens (including phenoxy) is 5. The first-order valence-corrected chi connectivity index (χ1v) is 9.82. The normalized spacial score (nSPS) is 10.1. The van der Waals surface area contributed by atoms with Gasteiger partial charge in [0, 0.05) is 11.1 Å². The third-order valence-electron chi connectivity index (χ3n) is 4.21. The second-order valence-corrected chi connectivity index (χ2v) is 7.10. The molecule has 11 nitrogen and oxygen atoms in total. The summed E-state index contributed by atoms with van der Waals surface area (Å²) in [4.78, 5) is 48.5. The number of carbonyl (C=O) groups is 4. The van der Waals surface area contributed by atoms with Crippen molar-refractivity contribution >= 4 is 40.2 Å². The van der Waals surface area contributed by atoms with E-state index < -0.39 is 37.0 Å². The number of hydrogen-bond acceptors (Lipinski definition) is 11. The van der Waals surface area contributed by atoms with Crippen molar-refractivity contribution in [1.82, 2.24) is 5.32 Å². The molecule has 3 N–H and O–H groups in total. The standard InChI is InChI=1S/C20H22N2O9S/c1-27-12-6-5-10(7-13(12)28-2)18(24)22-8-14(23)31-9-11-15(19(25)29-3)17(21)32-16(11)20(26)30-4/h5-7H,8-9,21H2,1-4H3,(H,22,24). The molecular weight excluding hydrogens is 444 g/mol. The van der Waals surface area contributed by atoms with Gasteiger partial charge in [0.05, 0.1) is 28.4 Å². The van der Waals surface area contributed by atoms with Gasteiger partial charge in [0.1, 0.15) is 28.6 Å². The SMILES string of the molecule is COC(=O)c1sc(N)c(C(=O)OC)c1COC(=O)CNC(=O)c1ccc(OC)c(OC)c1. The van der Waals surface area contributed by atoms with Crippen LogP contribution < -0.4 is 20.5 Å². The average molecular weight is 466 g/mol. The lowest BCUT2D eigenvalue weighted by molar-refractivity contribution is -0.143. The van der Waals surface area contributed by atoms with Crippen molar-refractivity contribution in [2.75, 3.05) is 40.7 Å². The highest BCUT2D eigenvalue weighted by atomic mass is 32.1. The van der Waals surface area contributed by atoms with Gasteiger partial charge in [0.2, 0.25) is 0 Å². The van der Waals surface area contributed by atoms with Crippen LogP contribution in [-0.2, 0) is 25.6 Å². The molecule has 0 saturated carbocycles. The number of thiophene rings is 1. The molecule has 1 aromatic carbocycles. The molecule has 0 saturated heterocycles. The summed E-state index contributed by atoms with van der Waals surface area (Å²) in [5, 5.41) is 2.43. The Bertz CT molecular complexity index is 1030. The lowest BCUT2D eigenvalue weighted by Crippen LogP contribution is -2.30. The Labute approximate surface area is 187 Å². The van der Waals surface area contributed by atoms with Crippen LogP contribution in [0.3, 0.4) is 0 Å². The zero-order valence-electron chi connectivity index (χ0n) is 17.8. The molecule has 32 heavy (non-hydrogen) atoms. The molecule has 0 aliphatic carbocycles. The summed E-state index contributed by atoms with van der Waals surface area (Å²) in [7, 11) is 5.21. The highest BCUT2D eigenvalue weighted by molar-refractivity contribution is 7.18. The molecule has 0 atom stereocenters. The van der Waals surface area contributed by atoms with Crippen LogP contribution in [-0.4, -0.2) is 58.8 Å². The van der Waals surface area contributed by atoms with Crippen LogP contribution in [0.2, 0.25) is 0 Å². The summed E-state index contributed by atoms with van der Waals surface area (Å²) in [5.41, 5.74) is 6.03. The molecule has 0 bridgehead atoms. The monoisotopic (exact) mass is 466 g/mol. The molecule has 12 heteroatoms. The second kappa shape index (κ2) is 11.0. The Morgan fingerprint density at radius 2 is 1.62 bits per heavy atom. The number of amides is 1. The molecule has 1 amide bonds. The minimum absolute atomic E-state index is 0.00700. The maximum Gasteiger partial charge on any atom is 0.348 e. The smallest absolute Gasteiger partial charge is 0.348 e. The maximum absolute atomic E-state index is 12.3. The number of anilines is 1. The van der Waals surface area contributed by atoms with Crippen molar-refractivity contribution in [2.24, 2.45) is 0 Å². The molecule has 2 rings (SSSR count). The van der Waals surface area contributed by atoms with Crippen LogP contribution in [0.1, 0.15) is 36.0 Å². The van der Waals surface area contributed by atoms with E-state index in [1.807, 2.05) is 0 Å². The molecular formula is C20H22N2O9S. The fourth-order valence-electron chi connectivity index (χ4n) is 2.64. The van der Waals surface area contributed by atoms with E-state index in [2.05, 4.69) is 14.8 Å². The third-order valence-corrected chi connectivity index (χ3v) is 5.25. The number of rotatable bonds is 9. The fraction of sp³-hybridized carbons (Fsp3) is 0.300. The summed E-state index contributed by atoms with van der Waals surface area (Å²) in [6, 6.07) is 4.51. The van der Waals surface area contributed by atoms with Gasteiger partial charge >= 0.3 is 17.9 Å². The van der Waals surface area contributed by atoms with E-state index in [-0.39, 0.29) is 26.6 Å². The quantitative estimate of drug-likeness (QED) is 0.409. The van der Waals surface area contributed by atoms with Crippen LogP contribution in [0.15, 0.2) is 18.2 Å². The number of nitrogens with two attached hydrogens (primary N) is 1. The van der Waals surface area contributed by atoms with Crippen molar-refractivity contribution in [3.05, 3.63) is 39.8 Å². The molecule has 172 valence electrons. The zero-order chi connectivity index (χ0) is 23.8. The summed E-state index contributed by atoms with van der Waals surface area (Å²) >= 11 is 0.810. The highest BCUT2D eigenvalue weighted by Crippen LogP contribution is 2.33. The minimum Gasteiger partial charge on any atom is -0.493 e. The Morgan fingerprint density at radius 3 is 2.22 bits per heavy atom. The molecule has 1 aromatic heterocycles. The summed E-state index contributed by atoms with van der Waals surface area (Å²) in [5.74, 6) is -2.10. The average Bonchev–Trinajstić information content (AvgIpc) is 3.15. The Hall–Kier alpha value is -3.80. The first kappa shape index (κ1) is 24.5. The van der Waals surface area contributed by atoms with Gasteiger partial charge in [-0.15, -0.1) is 11.3 Å². The lowest BCUT2D eigenvalue weighted by Gasteiger charge is -2.10. The minimum atomic E-state index is -0.810. The Balaban J connectivity index is 2.06. The molecule has 0 spiro atoms. The number of benzene rings is 1. The molecule has 0 fully saturated rings. The highest BCUT2D eigenvalue weighted by Gasteiger charge is 2.28. The Morgan fingerprint density at radius 1 is 0.969 bits per heavy atom. The van der Waals surface area contributed by atoms with Crippen molar-refractivity contribution in [3.63, 3.8) is 0 Å². The largest absolute Gasteiger partial charge is 0.493 e. The van der Waals surface area contributed by atoms with E-state index in [1.54, 1.807) is 6.07 Å². The first-order chi connectivity index (χ1) is 15.3. The van der Waals surface area contributed by atoms with E-state index >= 15 is 0 Å². The third kappa shape index (κ3) is 5.46. The zero-order valence-corrected chi connectivity index (χ0v) is 18.6. The van der Waals surface area contributed by atoms with Gasteiger partial charge in [0.25, 0.3) is 5.91 Å². The summed E-state index contributed by atoms with van der Waals surface area (Å²) in [6.07, 6.45) is 0. The molecule has 0 radical (unpaired) electrons. The fourth-order valence-corrected chi connectivity index (χ4v) is 3.62. The predicted molar refractivity (Wildman–Crippen MR) is 113 cm³/mol.